The lowest BCUT2D eigenvalue weighted by atomic mass is 9.94. The van der Waals surface area contributed by atoms with Crippen LogP contribution in [0.5, 0.6) is 5.75 Å². The molecular formula is C15H26N2O. The van der Waals surface area contributed by atoms with Crippen LogP contribution in [0.3, 0.4) is 0 Å². The molecule has 0 spiro atoms. The van der Waals surface area contributed by atoms with Crippen LogP contribution in [0, 0.1) is 0 Å². The average Bonchev–Trinajstić information content (AvgIpc) is 2.29. The van der Waals surface area contributed by atoms with Gasteiger partial charge in [0.2, 0.25) is 0 Å². The summed E-state index contributed by atoms with van der Waals surface area (Å²) < 4.78 is 5.15. The zero-order valence-electron chi connectivity index (χ0n) is 12.4. The smallest absolute Gasteiger partial charge is 0.119 e. The molecule has 102 valence electrons. The highest BCUT2D eigenvalue weighted by atomic mass is 16.5. The van der Waals surface area contributed by atoms with Crippen molar-refractivity contribution in [3.8, 4) is 5.75 Å². The maximum atomic E-state index is 5.15. The predicted octanol–water partition coefficient (Wildman–Crippen LogP) is 3.23. The summed E-state index contributed by atoms with van der Waals surface area (Å²) in [5.74, 6) is 0.891. The maximum absolute atomic E-state index is 5.15. The van der Waals surface area contributed by atoms with Crippen LogP contribution >= 0.6 is 0 Å². The summed E-state index contributed by atoms with van der Waals surface area (Å²) in [6.45, 7) is 6.74. The second-order valence-electron chi connectivity index (χ2n) is 5.68. The predicted molar refractivity (Wildman–Crippen MR) is 78.5 cm³/mol. The van der Waals surface area contributed by atoms with E-state index < -0.39 is 0 Å². The molecule has 1 aromatic rings. The van der Waals surface area contributed by atoms with Gasteiger partial charge < -0.3 is 15.0 Å². The van der Waals surface area contributed by atoms with Gasteiger partial charge in [-0.3, -0.25) is 0 Å². The van der Waals surface area contributed by atoms with E-state index >= 15 is 0 Å². The summed E-state index contributed by atoms with van der Waals surface area (Å²) in [7, 11) is 5.94. The quantitative estimate of drug-likeness (QED) is 0.839. The van der Waals surface area contributed by atoms with Crippen LogP contribution in [0.25, 0.3) is 0 Å². The van der Waals surface area contributed by atoms with Crippen molar-refractivity contribution in [2.75, 3.05) is 26.5 Å². The number of ether oxygens (including phenoxy) is 1. The standard InChI is InChI=1S/C15H26N2O/c1-12(11-15(2,3)17(4)5)16-13-7-9-14(18-6)10-8-13/h7-10,12,16H,11H2,1-6H3. The molecule has 0 aliphatic heterocycles. The average molecular weight is 250 g/mol. The summed E-state index contributed by atoms with van der Waals surface area (Å²) in [4.78, 5) is 2.26. The number of benzene rings is 1. The molecule has 18 heavy (non-hydrogen) atoms. The van der Waals surface area contributed by atoms with Gasteiger partial charge in [-0.1, -0.05) is 0 Å². The third-order valence-corrected chi connectivity index (χ3v) is 3.52. The summed E-state index contributed by atoms with van der Waals surface area (Å²) >= 11 is 0. The van der Waals surface area contributed by atoms with E-state index in [9.17, 15) is 0 Å². The third-order valence-electron chi connectivity index (χ3n) is 3.52. The summed E-state index contributed by atoms with van der Waals surface area (Å²) in [5, 5.41) is 3.52. The van der Waals surface area contributed by atoms with Crippen molar-refractivity contribution in [3.63, 3.8) is 0 Å². The number of hydrogen-bond donors (Lipinski definition) is 1. The van der Waals surface area contributed by atoms with Gasteiger partial charge in [-0.25, -0.2) is 0 Å². The van der Waals surface area contributed by atoms with Gasteiger partial charge in [-0.05, 0) is 65.6 Å². The van der Waals surface area contributed by atoms with E-state index in [2.05, 4.69) is 57.2 Å². The molecule has 0 aliphatic carbocycles. The zero-order valence-corrected chi connectivity index (χ0v) is 12.4. The first-order valence-corrected chi connectivity index (χ1v) is 6.43. The summed E-state index contributed by atoms with van der Waals surface area (Å²) in [5.41, 5.74) is 1.33. The van der Waals surface area contributed by atoms with Crippen molar-refractivity contribution < 1.29 is 4.74 Å². The highest BCUT2D eigenvalue weighted by Crippen LogP contribution is 2.21. The van der Waals surface area contributed by atoms with E-state index in [1.807, 2.05) is 12.1 Å². The Kier molecular flexibility index (Phi) is 5.03. The molecule has 1 unspecified atom stereocenters. The van der Waals surface area contributed by atoms with Gasteiger partial charge in [0.1, 0.15) is 5.75 Å². The molecule has 1 rings (SSSR count). The second-order valence-corrected chi connectivity index (χ2v) is 5.68. The van der Waals surface area contributed by atoms with E-state index in [0.717, 1.165) is 17.9 Å². The highest BCUT2D eigenvalue weighted by molar-refractivity contribution is 5.46. The van der Waals surface area contributed by atoms with E-state index in [-0.39, 0.29) is 5.54 Å². The maximum Gasteiger partial charge on any atom is 0.119 e. The molecule has 0 aliphatic rings. The van der Waals surface area contributed by atoms with Gasteiger partial charge >= 0.3 is 0 Å². The Bertz CT molecular complexity index is 357. The van der Waals surface area contributed by atoms with Crippen LogP contribution in [-0.4, -0.2) is 37.7 Å². The molecule has 0 bridgehead atoms. The molecule has 0 saturated heterocycles. The van der Waals surface area contributed by atoms with Crippen molar-refractivity contribution in [3.05, 3.63) is 24.3 Å². The lowest BCUT2D eigenvalue weighted by Gasteiger charge is -2.35. The molecule has 3 nitrogen and oxygen atoms in total. The van der Waals surface area contributed by atoms with Crippen molar-refractivity contribution in [2.24, 2.45) is 0 Å². The van der Waals surface area contributed by atoms with Crippen LogP contribution in [-0.2, 0) is 0 Å². The van der Waals surface area contributed by atoms with Gasteiger partial charge in [0, 0.05) is 17.3 Å². The van der Waals surface area contributed by atoms with Crippen LogP contribution in [0.2, 0.25) is 0 Å². The zero-order chi connectivity index (χ0) is 13.8. The Morgan fingerprint density at radius 2 is 1.78 bits per heavy atom. The molecule has 0 fully saturated rings. The first-order chi connectivity index (χ1) is 8.35. The Morgan fingerprint density at radius 3 is 2.22 bits per heavy atom. The first kappa shape index (κ1) is 14.8. The third kappa shape index (κ3) is 4.22. The molecule has 3 heteroatoms. The Hall–Kier alpha value is -1.22. The number of nitrogens with one attached hydrogen (secondary N) is 1. The first-order valence-electron chi connectivity index (χ1n) is 6.43. The summed E-state index contributed by atoms with van der Waals surface area (Å²) in [6.07, 6.45) is 1.09. The van der Waals surface area contributed by atoms with Gasteiger partial charge in [0.05, 0.1) is 7.11 Å². The molecule has 1 aromatic carbocycles. The van der Waals surface area contributed by atoms with E-state index in [1.54, 1.807) is 7.11 Å². The minimum atomic E-state index is 0.193. The lowest BCUT2D eigenvalue weighted by molar-refractivity contribution is 0.176. The Morgan fingerprint density at radius 1 is 1.22 bits per heavy atom. The molecule has 0 aromatic heterocycles. The van der Waals surface area contributed by atoms with E-state index in [0.29, 0.717) is 6.04 Å². The monoisotopic (exact) mass is 250 g/mol. The van der Waals surface area contributed by atoms with Crippen molar-refractivity contribution in [1.82, 2.24) is 4.90 Å². The topological polar surface area (TPSA) is 24.5 Å². The molecule has 1 atom stereocenters. The molecule has 1 N–H and O–H groups in total. The minimum Gasteiger partial charge on any atom is -0.497 e. The van der Waals surface area contributed by atoms with E-state index in [4.69, 9.17) is 4.74 Å². The van der Waals surface area contributed by atoms with Crippen LogP contribution in [0.1, 0.15) is 27.2 Å². The number of methoxy groups -OCH3 is 1. The minimum absolute atomic E-state index is 0.193. The van der Waals surface area contributed by atoms with Crippen molar-refractivity contribution >= 4 is 5.69 Å². The fourth-order valence-electron chi connectivity index (χ4n) is 1.95. The highest BCUT2D eigenvalue weighted by Gasteiger charge is 2.23. The molecule has 0 radical (unpaired) electrons. The molecule has 0 heterocycles. The molecule has 0 amide bonds. The molecule has 0 saturated carbocycles. The van der Waals surface area contributed by atoms with Gasteiger partial charge in [-0.15, -0.1) is 0 Å². The van der Waals surface area contributed by atoms with Crippen LogP contribution in [0.4, 0.5) is 5.69 Å². The summed E-state index contributed by atoms with van der Waals surface area (Å²) in [6, 6.07) is 8.49. The number of hydrogen-bond acceptors (Lipinski definition) is 3. The van der Waals surface area contributed by atoms with Crippen molar-refractivity contribution in [2.45, 2.75) is 38.8 Å². The second kappa shape index (κ2) is 6.10. The fraction of sp³-hybridized carbons (Fsp3) is 0.600. The SMILES string of the molecule is COc1ccc(NC(C)CC(C)(C)N(C)C)cc1. The van der Waals surface area contributed by atoms with E-state index in [1.165, 1.54) is 0 Å². The number of rotatable bonds is 6. The number of anilines is 1. The Labute approximate surface area is 111 Å². The van der Waals surface area contributed by atoms with Gasteiger partial charge in [0.25, 0.3) is 0 Å². The normalized spacial score (nSPS) is 13.5. The van der Waals surface area contributed by atoms with Crippen LogP contribution < -0.4 is 10.1 Å². The largest absolute Gasteiger partial charge is 0.497 e. The Balaban J connectivity index is 2.56. The van der Waals surface area contributed by atoms with Gasteiger partial charge in [-0.2, -0.15) is 0 Å². The van der Waals surface area contributed by atoms with Gasteiger partial charge in [0.15, 0.2) is 0 Å². The fourth-order valence-corrected chi connectivity index (χ4v) is 1.95. The number of nitrogens with zero attached hydrogens (tertiary/aromatic N) is 1. The van der Waals surface area contributed by atoms with Crippen LogP contribution in [0.15, 0.2) is 24.3 Å². The lowest BCUT2D eigenvalue weighted by Crippen LogP contribution is -2.42. The van der Waals surface area contributed by atoms with Crippen molar-refractivity contribution in [1.29, 1.82) is 0 Å². The molecular weight excluding hydrogens is 224 g/mol.